The zero-order valence-electron chi connectivity index (χ0n) is 23.0. The summed E-state index contributed by atoms with van der Waals surface area (Å²) in [6.45, 7) is 3.73. The highest BCUT2D eigenvalue weighted by molar-refractivity contribution is 5.81. The van der Waals surface area contributed by atoms with Gasteiger partial charge < -0.3 is 20.3 Å². The Balaban J connectivity index is 1.09. The Morgan fingerprint density at radius 2 is 1.83 bits per heavy atom. The van der Waals surface area contributed by atoms with E-state index in [0.717, 1.165) is 40.9 Å². The van der Waals surface area contributed by atoms with Crippen molar-refractivity contribution in [3.8, 4) is 5.82 Å². The highest BCUT2D eigenvalue weighted by atomic mass is 16.6. The van der Waals surface area contributed by atoms with Crippen LogP contribution in [0.4, 0.5) is 16.4 Å². The third-order valence-corrected chi connectivity index (χ3v) is 7.44. The Kier molecular flexibility index (Phi) is 7.75. The third-order valence-electron chi connectivity index (χ3n) is 7.44. The van der Waals surface area contributed by atoms with Gasteiger partial charge in [-0.05, 0) is 55.2 Å². The molecule has 1 fully saturated rings. The Morgan fingerprint density at radius 1 is 1.02 bits per heavy atom. The van der Waals surface area contributed by atoms with Crippen LogP contribution in [-0.4, -0.2) is 49.6 Å². The largest absolute Gasteiger partial charge is 0.445 e. The summed E-state index contributed by atoms with van der Waals surface area (Å²) in [6, 6.07) is 28.1. The summed E-state index contributed by atoms with van der Waals surface area (Å²) in [4.78, 5) is 28.4. The summed E-state index contributed by atoms with van der Waals surface area (Å²) in [5, 5.41) is 6.88. The monoisotopic (exact) mass is 547 g/mol. The van der Waals surface area contributed by atoms with Crippen LogP contribution in [0, 0.1) is 0 Å². The molecule has 2 atom stereocenters. The Hall–Kier alpha value is -4.92. The van der Waals surface area contributed by atoms with E-state index in [4.69, 9.17) is 9.72 Å². The van der Waals surface area contributed by atoms with E-state index in [1.54, 1.807) is 12.5 Å². The average Bonchev–Trinajstić information content (AvgIpc) is 3.67. The number of carbonyl (C=O) groups excluding carboxylic acids is 1. The molecule has 1 aliphatic rings. The molecular weight excluding hydrogens is 514 g/mol. The van der Waals surface area contributed by atoms with Gasteiger partial charge in [0.1, 0.15) is 18.8 Å². The van der Waals surface area contributed by atoms with E-state index in [1.807, 2.05) is 82.3 Å². The van der Waals surface area contributed by atoms with Gasteiger partial charge in [0.2, 0.25) is 5.95 Å². The fourth-order valence-corrected chi connectivity index (χ4v) is 5.20. The zero-order chi connectivity index (χ0) is 28.0. The van der Waals surface area contributed by atoms with Gasteiger partial charge in [0, 0.05) is 25.0 Å². The maximum absolute atomic E-state index is 12.8. The lowest BCUT2D eigenvalue weighted by Gasteiger charge is -2.24. The quantitative estimate of drug-likeness (QED) is 0.227. The first-order valence-electron chi connectivity index (χ1n) is 14.0. The summed E-state index contributed by atoms with van der Waals surface area (Å²) < 4.78 is 7.54. The lowest BCUT2D eigenvalue weighted by molar-refractivity contribution is 0.0937. The fraction of sp³-hybridized carbons (Fsp3) is 0.250. The van der Waals surface area contributed by atoms with Gasteiger partial charge in [-0.2, -0.15) is 4.98 Å². The standard InChI is InChI=1S/C32H33N7O2/c1-23(25-11-6-3-7-12-25)36-31-33-17-16-30(37-31)39-22-35-28-19-26(14-15-29(28)39)34-20-27-13-8-18-38(27)32(40)41-21-24-9-4-2-5-10-24/h2-7,9-12,14-17,19,22-23,27,34H,8,13,18,20-21H2,1H3,(H,33,36,37). The SMILES string of the molecule is CC(Nc1nccc(-n2cnc3cc(NCC4CCCN4C(=O)OCc4ccccc4)ccc32)n1)c1ccccc1. The van der Waals surface area contributed by atoms with Crippen molar-refractivity contribution < 1.29 is 9.53 Å². The molecule has 208 valence electrons. The van der Waals surface area contributed by atoms with Crippen LogP contribution in [0.25, 0.3) is 16.9 Å². The number of hydrogen-bond donors (Lipinski definition) is 2. The molecule has 3 heterocycles. The van der Waals surface area contributed by atoms with E-state index in [2.05, 4.69) is 39.7 Å². The number of fused-ring (bicyclic) bond motifs is 1. The molecule has 2 unspecified atom stereocenters. The van der Waals surface area contributed by atoms with E-state index in [1.165, 1.54) is 5.56 Å². The van der Waals surface area contributed by atoms with Gasteiger partial charge in [0.25, 0.3) is 0 Å². The zero-order valence-corrected chi connectivity index (χ0v) is 23.0. The van der Waals surface area contributed by atoms with Crippen molar-refractivity contribution in [2.24, 2.45) is 0 Å². The minimum Gasteiger partial charge on any atom is -0.445 e. The molecule has 0 saturated carbocycles. The highest BCUT2D eigenvalue weighted by Gasteiger charge is 2.29. The van der Waals surface area contributed by atoms with Crippen LogP contribution in [0.2, 0.25) is 0 Å². The van der Waals surface area contributed by atoms with Gasteiger partial charge in [-0.3, -0.25) is 4.57 Å². The van der Waals surface area contributed by atoms with Gasteiger partial charge in [-0.25, -0.2) is 14.8 Å². The Bertz CT molecular complexity index is 1610. The number of likely N-dealkylation sites (tertiary alicyclic amines) is 1. The Labute approximate surface area is 239 Å². The number of carbonyl (C=O) groups is 1. The molecular formula is C32H33N7O2. The number of nitrogens with zero attached hydrogens (tertiary/aromatic N) is 5. The summed E-state index contributed by atoms with van der Waals surface area (Å²) in [6.07, 6.45) is 5.18. The van der Waals surface area contributed by atoms with Crippen LogP contribution in [0.1, 0.15) is 36.9 Å². The van der Waals surface area contributed by atoms with Crippen LogP contribution >= 0.6 is 0 Å². The first-order chi connectivity index (χ1) is 20.1. The van der Waals surface area contributed by atoms with E-state index in [0.29, 0.717) is 19.0 Å². The normalized spacial score (nSPS) is 15.5. The number of ether oxygens (including phenoxy) is 1. The Morgan fingerprint density at radius 3 is 2.66 bits per heavy atom. The molecule has 0 radical (unpaired) electrons. The number of rotatable bonds is 9. The van der Waals surface area contributed by atoms with Crippen LogP contribution in [-0.2, 0) is 11.3 Å². The maximum Gasteiger partial charge on any atom is 0.410 e. The predicted molar refractivity (Wildman–Crippen MR) is 160 cm³/mol. The third kappa shape index (κ3) is 6.14. The number of benzene rings is 3. The molecule has 3 aromatic carbocycles. The minimum atomic E-state index is -0.260. The fourth-order valence-electron chi connectivity index (χ4n) is 5.20. The predicted octanol–water partition coefficient (Wildman–Crippen LogP) is 6.20. The van der Waals surface area contributed by atoms with Crippen molar-refractivity contribution in [3.63, 3.8) is 0 Å². The maximum atomic E-state index is 12.8. The van der Waals surface area contributed by atoms with E-state index < -0.39 is 0 Å². The van der Waals surface area contributed by atoms with Crippen LogP contribution in [0.15, 0.2) is 97.5 Å². The van der Waals surface area contributed by atoms with Gasteiger partial charge >= 0.3 is 6.09 Å². The molecule has 9 nitrogen and oxygen atoms in total. The molecule has 1 aliphatic heterocycles. The second-order valence-electron chi connectivity index (χ2n) is 10.2. The average molecular weight is 548 g/mol. The molecule has 1 saturated heterocycles. The molecule has 5 aromatic rings. The van der Waals surface area contributed by atoms with E-state index in [-0.39, 0.29) is 24.8 Å². The van der Waals surface area contributed by atoms with Crippen LogP contribution in [0.3, 0.4) is 0 Å². The lowest BCUT2D eigenvalue weighted by atomic mass is 10.1. The number of anilines is 2. The smallest absolute Gasteiger partial charge is 0.410 e. The molecule has 1 amide bonds. The number of amides is 1. The van der Waals surface area contributed by atoms with Gasteiger partial charge in [-0.1, -0.05) is 60.7 Å². The van der Waals surface area contributed by atoms with Crippen LogP contribution in [0.5, 0.6) is 0 Å². The number of imidazole rings is 1. The van der Waals surface area contributed by atoms with Crippen LogP contribution < -0.4 is 10.6 Å². The molecule has 41 heavy (non-hydrogen) atoms. The first-order valence-corrected chi connectivity index (χ1v) is 14.0. The van der Waals surface area contributed by atoms with Gasteiger partial charge in [0.05, 0.1) is 23.1 Å². The van der Waals surface area contributed by atoms with E-state index >= 15 is 0 Å². The van der Waals surface area contributed by atoms with Gasteiger partial charge in [-0.15, -0.1) is 0 Å². The minimum absolute atomic E-state index is 0.0705. The van der Waals surface area contributed by atoms with Crippen molar-refractivity contribution in [1.82, 2.24) is 24.4 Å². The van der Waals surface area contributed by atoms with Crippen molar-refractivity contribution in [2.75, 3.05) is 23.7 Å². The topological polar surface area (TPSA) is 97.2 Å². The second-order valence-corrected chi connectivity index (χ2v) is 10.2. The van der Waals surface area contributed by atoms with Crippen molar-refractivity contribution >= 4 is 28.8 Å². The molecule has 0 aliphatic carbocycles. The summed E-state index contributed by atoms with van der Waals surface area (Å²) in [5.41, 5.74) is 4.90. The number of hydrogen-bond acceptors (Lipinski definition) is 7. The first kappa shape index (κ1) is 26.3. The van der Waals surface area contributed by atoms with Crippen molar-refractivity contribution in [1.29, 1.82) is 0 Å². The van der Waals surface area contributed by atoms with Crippen molar-refractivity contribution in [3.05, 3.63) is 109 Å². The molecule has 9 heteroatoms. The summed E-state index contributed by atoms with van der Waals surface area (Å²) in [5.74, 6) is 1.30. The summed E-state index contributed by atoms with van der Waals surface area (Å²) >= 11 is 0. The molecule has 6 rings (SSSR count). The van der Waals surface area contributed by atoms with E-state index in [9.17, 15) is 4.79 Å². The van der Waals surface area contributed by atoms with Gasteiger partial charge in [0.15, 0.2) is 0 Å². The van der Waals surface area contributed by atoms with Crippen molar-refractivity contribution in [2.45, 2.75) is 38.5 Å². The second kappa shape index (κ2) is 12.1. The molecule has 2 aromatic heterocycles. The number of aromatic nitrogens is 4. The summed E-state index contributed by atoms with van der Waals surface area (Å²) in [7, 11) is 0. The lowest BCUT2D eigenvalue weighted by Crippen LogP contribution is -2.39. The highest BCUT2D eigenvalue weighted by Crippen LogP contribution is 2.24. The number of nitrogens with one attached hydrogen (secondary N) is 2. The molecule has 0 spiro atoms. The molecule has 2 N–H and O–H groups in total. The molecule has 0 bridgehead atoms.